The van der Waals surface area contributed by atoms with Crippen LogP contribution in [0.15, 0.2) is 0 Å². The maximum absolute atomic E-state index is 12.2. The number of likely N-dealkylation sites (N-methyl/N-ethyl adjacent to an activating group) is 1. The number of ether oxygens (including phenoxy) is 1. The Balaban J connectivity index is 4.57. The van der Waals surface area contributed by atoms with Crippen LogP contribution in [0, 0.1) is 5.41 Å². The largest absolute Gasteiger partial charge is 0.481 e. The van der Waals surface area contributed by atoms with Crippen molar-refractivity contribution in [1.82, 2.24) is 10.2 Å². The lowest BCUT2D eigenvalue weighted by Gasteiger charge is -2.29. The van der Waals surface area contributed by atoms with Gasteiger partial charge in [0.25, 0.3) is 0 Å². The summed E-state index contributed by atoms with van der Waals surface area (Å²) in [5.41, 5.74) is -0.0459. The van der Waals surface area contributed by atoms with Crippen molar-refractivity contribution >= 4 is 12.0 Å². The first-order valence-electron chi connectivity index (χ1n) is 7.54. The van der Waals surface area contributed by atoms with Crippen molar-refractivity contribution in [3.05, 3.63) is 0 Å². The zero-order valence-electron chi connectivity index (χ0n) is 13.9. The topological polar surface area (TPSA) is 78.9 Å². The first-order chi connectivity index (χ1) is 9.69. The number of aliphatic carboxylic acids is 1. The van der Waals surface area contributed by atoms with Crippen LogP contribution >= 0.6 is 0 Å². The minimum absolute atomic E-state index is 0.0459. The molecule has 1 atom stereocenters. The van der Waals surface area contributed by atoms with E-state index in [2.05, 4.69) is 5.32 Å². The van der Waals surface area contributed by atoms with Gasteiger partial charge in [-0.3, -0.25) is 4.79 Å². The highest BCUT2D eigenvalue weighted by Gasteiger charge is 2.24. The van der Waals surface area contributed by atoms with Crippen molar-refractivity contribution in [2.75, 3.05) is 26.3 Å². The minimum atomic E-state index is -0.901. The number of carboxylic acids is 1. The Hall–Kier alpha value is -1.30. The van der Waals surface area contributed by atoms with Crippen LogP contribution in [0.5, 0.6) is 0 Å². The van der Waals surface area contributed by atoms with Gasteiger partial charge in [0.05, 0.1) is 13.0 Å². The molecule has 2 N–H and O–H groups in total. The van der Waals surface area contributed by atoms with Crippen LogP contribution < -0.4 is 5.32 Å². The Labute approximate surface area is 127 Å². The van der Waals surface area contributed by atoms with Crippen molar-refractivity contribution in [1.29, 1.82) is 0 Å². The van der Waals surface area contributed by atoms with Gasteiger partial charge < -0.3 is 20.1 Å². The number of nitrogens with zero attached hydrogens (tertiary/aromatic N) is 1. The van der Waals surface area contributed by atoms with E-state index in [1.165, 1.54) is 0 Å². The zero-order chi connectivity index (χ0) is 16.5. The Morgan fingerprint density at radius 2 is 1.90 bits per heavy atom. The average Bonchev–Trinajstić information content (AvgIpc) is 2.31. The highest BCUT2D eigenvalue weighted by Crippen LogP contribution is 2.22. The summed E-state index contributed by atoms with van der Waals surface area (Å²) in [4.78, 5) is 24.8. The van der Waals surface area contributed by atoms with Gasteiger partial charge in [-0.1, -0.05) is 20.8 Å². The summed E-state index contributed by atoms with van der Waals surface area (Å²) in [6.07, 6.45) is 0.556. The van der Waals surface area contributed by atoms with Gasteiger partial charge in [-0.2, -0.15) is 0 Å². The maximum Gasteiger partial charge on any atom is 0.317 e. The maximum atomic E-state index is 12.2. The van der Waals surface area contributed by atoms with E-state index in [1.54, 1.807) is 4.90 Å². The molecule has 6 nitrogen and oxygen atoms in total. The van der Waals surface area contributed by atoms with Gasteiger partial charge in [-0.25, -0.2) is 4.79 Å². The Morgan fingerprint density at radius 3 is 2.33 bits per heavy atom. The standard InChI is InChI=1S/C15H30N2O4/c1-6-17(8-9-21-7-2)14(20)16-12(10-13(18)19)11-15(3,4)5/h12H,6-11H2,1-5H3,(H,16,20)(H,18,19). The molecule has 21 heavy (non-hydrogen) atoms. The van der Waals surface area contributed by atoms with Crippen molar-refractivity contribution in [3.63, 3.8) is 0 Å². The van der Waals surface area contributed by atoms with E-state index in [4.69, 9.17) is 9.84 Å². The molecule has 0 aliphatic heterocycles. The predicted octanol–water partition coefficient (Wildman–Crippen LogP) is 2.33. The summed E-state index contributed by atoms with van der Waals surface area (Å²) in [7, 11) is 0. The molecule has 0 fully saturated rings. The molecule has 0 aromatic heterocycles. The van der Waals surface area contributed by atoms with E-state index < -0.39 is 5.97 Å². The van der Waals surface area contributed by atoms with E-state index in [9.17, 15) is 9.59 Å². The second-order valence-corrected chi connectivity index (χ2v) is 6.29. The van der Waals surface area contributed by atoms with Crippen LogP contribution in [0.3, 0.4) is 0 Å². The molecule has 0 aromatic rings. The van der Waals surface area contributed by atoms with Gasteiger partial charge in [0.2, 0.25) is 0 Å². The first-order valence-corrected chi connectivity index (χ1v) is 7.54. The van der Waals surface area contributed by atoms with Gasteiger partial charge >= 0.3 is 12.0 Å². The van der Waals surface area contributed by atoms with Gasteiger partial charge in [-0.05, 0) is 25.7 Å². The minimum Gasteiger partial charge on any atom is -0.481 e. The van der Waals surface area contributed by atoms with Crippen LogP contribution in [-0.4, -0.2) is 54.4 Å². The van der Waals surface area contributed by atoms with E-state index in [0.717, 1.165) is 0 Å². The molecule has 0 rings (SSSR count). The Bertz CT molecular complexity index is 326. The number of hydrogen-bond donors (Lipinski definition) is 2. The molecular weight excluding hydrogens is 272 g/mol. The number of amides is 2. The molecule has 0 heterocycles. The molecule has 6 heteroatoms. The van der Waals surface area contributed by atoms with Crippen molar-refractivity contribution in [2.45, 2.75) is 53.5 Å². The third-order valence-corrected chi connectivity index (χ3v) is 2.99. The van der Waals surface area contributed by atoms with Gasteiger partial charge in [0, 0.05) is 25.7 Å². The smallest absolute Gasteiger partial charge is 0.317 e. The quantitative estimate of drug-likeness (QED) is 0.641. The number of carbonyl (C=O) groups is 2. The number of urea groups is 1. The number of nitrogens with one attached hydrogen (secondary N) is 1. The number of hydrogen-bond acceptors (Lipinski definition) is 3. The highest BCUT2D eigenvalue weighted by molar-refractivity contribution is 5.76. The number of rotatable bonds is 9. The molecule has 0 aliphatic rings. The SMILES string of the molecule is CCOCCN(CC)C(=O)NC(CC(=O)O)CC(C)(C)C. The molecule has 0 spiro atoms. The molecule has 0 saturated heterocycles. The molecule has 2 amide bonds. The van der Waals surface area contributed by atoms with E-state index >= 15 is 0 Å². The molecular formula is C15H30N2O4. The molecule has 0 radical (unpaired) electrons. The molecule has 124 valence electrons. The van der Waals surface area contributed by atoms with Crippen LogP contribution in [0.4, 0.5) is 4.79 Å². The molecule has 0 saturated carbocycles. The summed E-state index contributed by atoms with van der Waals surface area (Å²) in [6, 6.07) is -0.594. The van der Waals surface area contributed by atoms with Crippen molar-refractivity contribution in [3.8, 4) is 0 Å². The first kappa shape index (κ1) is 19.7. The van der Waals surface area contributed by atoms with Crippen LogP contribution in [-0.2, 0) is 9.53 Å². The lowest BCUT2D eigenvalue weighted by atomic mass is 9.87. The summed E-state index contributed by atoms with van der Waals surface area (Å²) in [5.74, 6) is -0.901. The Morgan fingerprint density at radius 1 is 1.29 bits per heavy atom. The van der Waals surface area contributed by atoms with Gasteiger partial charge in [-0.15, -0.1) is 0 Å². The second kappa shape index (κ2) is 9.60. The van der Waals surface area contributed by atoms with E-state index in [1.807, 2.05) is 34.6 Å². The molecule has 0 bridgehead atoms. The molecule has 0 aliphatic carbocycles. The normalized spacial score (nSPS) is 12.8. The number of carboxylic acid groups (broad SMARTS) is 1. The fourth-order valence-corrected chi connectivity index (χ4v) is 2.11. The van der Waals surface area contributed by atoms with Gasteiger partial charge in [0.15, 0.2) is 0 Å². The molecule has 0 aromatic carbocycles. The molecule has 1 unspecified atom stereocenters. The monoisotopic (exact) mass is 302 g/mol. The lowest BCUT2D eigenvalue weighted by Crippen LogP contribution is -2.47. The number of carbonyl (C=O) groups excluding carboxylic acids is 1. The van der Waals surface area contributed by atoms with Gasteiger partial charge in [0.1, 0.15) is 0 Å². The fourth-order valence-electron chi connectivity index (χ4n) is 2.11. The van der Waals surface area contributed by atoms with E-state index in [0.29, 0.717) is 32.7 Å². The summed E-state index contributed by atoms with van der Waals surface area (Å²) in [5, 5.41) is 11.8. The second-order valence-electron chi connectivity index (χ2n) is 6.29. The zero-order valence-corrected chi connectivity index (χ0v) is 13.9. The van der Waals surface area contributed by atoms with Crippen LogP contribution in [0.1, 0.15) is 47.5 Å². The Kier molecular flexibility index (Phi) is 9.01. The summed E-state index contributed by atoms with van der Waals surface area (Å²) in [6.45, 7) is 12.1. The average molecular weight is 302 g/mol. The summed E-state index contributed by atoms with van der Waals surface area (Å²) >= 11 is 0. The third kappa shape index (κ3) is 10.1. The summed E-state index contributed by atoms with van der Waals surface area (Å²) < 4.78 is 5.25. The van der Waals surface area contributed by atoms with E-state index in [-0.39, 0.29) is 23.9 Å². The van der Waals surface area contributed by atoms with Crippen molar-refractivity contribution in [2.24, 2.45) is 5.41 Å². The predicted molar refractivity (Wildman–Crippen MR) is 82.4 cm³/mol. The van der Waals surface area contributed by atoms with Crippen molar-refractivity contribution < 1.29 is 19.4 Å². The fraction of sp³-hybridized carbons (Fsp3) is 0.867. The lowest BCUT2D eigenvalue weighted by molar-refractivity contribution is -0.137. The third-order valence-electron chi connectivity index (χ3n) is 2.99. The highest BCUT2D eigenvalue weighted by atomic mass is 16.5. The van der Waals surface area contributed by atoms with Crippen LogP contribution in [0.2, 0.25) is 0 Å². The van der Waals surface area contributed by atoms with Crippen LogP contribution in [0.25, 0.3) is 0 Å².